The van der Waals surface area contributed by atoms with Crippen LogP contribution in [0.2, 0.25) is 0 Å². The summed E-state index contributed by atoms with van der Waals surface area (Å²) >= 11 is 0. The molecule has 1 aliphatic heterocycles. The van der Waals surface area contributed by atoms with Gasteiger partial charge < -0.3 is 14.6 Å². The van der Waals surface area contributed by atoms with Crippen molar-refractivity contribution in [2.45, 2.75) is 6.42 Å². The van der Waals surface area contributed by atoms with Gasteiger partial charge in [0.1, 0.15) is 5.56 Å². The quantitative estimate of drug-likeness (QED) is 0.761. The number of hydrogen-bond donors (Lipinski definition) is 1. The highest BCUT2D eigenvalue weighted by Gasteiger charge is 2.12. The molecule has 1 saturated heterocycles. The van der Waals surface area contributed by atoms with Crippen LogP contribution in [-0.2, 0) is 11.8 Å². The third-order valence-electron chi connectivity index (χ3n) is 3.41. The van der Waals surface area contributed by atoms with Crippen LogP contribution < -0.4 is 10.9 Å². The van der Waals surface area contributed by atoms with Crippen molar-refractivity contribution in [2.75, 3.05) is 39.4 Å². The number of amides is 1. The number of aryl methyl sites for hydroxylation is 1. The number of morpholine rings is 1. The van der Waals surface area contributed by atoms with Crippen LogP contribution in [0.4, 0.5) is 0 Å². The molecule has 0 atom stereocenters. The monoisotopic (exact) mass is 279 g/mol. The van der Waals surface area contributed by atoms with Gasteiger partial charge in [0.05, 0.1) is 13.2 Å². The van der Waals surface area contributed by atoms with Gasteiger partial charge in [0.15, 0.2) is 0 Å². The predicted molar refractivity (Wildman–Crippen MR) is 75.9 cm³/mol. The van der Waals surface area contributed by atoms with Crippen molar-refractivity contribution in [1.29, 1.82) is 0 Å². The zero-order valence-corrected chi connectivity index (χ0v) is 11.8. The summed E-state index contributed by atoms with van der Waals surface area (Å²) in [7, 11) is 1.64. The Kier molecular flexibility index (Phi) is 5.31. The summed E-state index contributed by atoms with van der Waals surface area (Å²) in [5.41, 5.74) is -0.0699. The largest absolute Gasteiger partial charge is 0.379 e. The van der Waals surface area contributed by atoms with Gasteiger partial charge in [-0.3, -0.25) is 14.5 Å². The lowest BCUT2D eigenvalue weighted by atomic mass is 10.2. The molecule has 0 unspecified atom stereocenters. The van der Waals surface area contributed by atoms with Crippen LogP contribution in [0, 0.1) is 0 Å². The Bertz CT molecular complexity index is 507. The second kappa shape index (κ2) is 7.21. The third-order valence-corrected chi connectivity index (χ3v) is 3.41. The van der Waals surface area contributed by atoms with E-state index >= 15 is 0 Å². The number of aromatic nitrogens is 1. The molecule has 1 amide bonds. The average molecular weight is 279 g/mol. The van der Waals surface area contributed by atoms with E-state index in [2.05, 4.69) is 10.2 Å². The van der Waals surface area contributed by atoms with Gasteiger partial charge in [-0.2, -0.15) is 0 Å². The van der Waals surface area contributed by atoms with Crippen LogP contribution in [0.3, 0.4) is 0 Å². The summed E-state index contributed by atoms with van der Waals surface area (Å²) in [6.45, 7) is 4.99. The average Bonchev–Trinajstić information content (AvgIpc) is 2.47. The van der Waals surface area contributed by atoms with E-state index in [4.69, 9.17) is 4.74 Å². The standard InChI is InChI=1S/C14H21N3O3/c1-16-6-2-4-12(14(16)19)13(18)15-5-3-7-17-8-10-20-11-9-17/h2,4,6H,3,5,7-11H2,1H3,(H,15,18). The highest BCUT2D eigenvalue weighted by Crippen LogP contribution is 1.97. The van der Waals surface area contributed by atoms with E-state index in [1.54, 1.807) is 25.4 Å². The Hall–Kier alpha value is -1.66. The molecule has 0 radical (unpaired) electrons. The normalized spacial score (nSPS) is 16.1. The summed E-state index contributed by atoms with van der Waals surface area (Å²) in [5.74, 6) is -0.298. The number of rotatable bonds is 5. The van der Waals surface area contributed by atoms with Crippen LogP contribution in [0.1, 0.15) is 16.8 Å². The maximum absolute atomic E-state index is 11.9. The Morgan fingerprint density at radius 1 is 1.40 bits per heavy atom. The van der Waals surface area contributed by atoms with Gasteiger partial charge in [0, 0.05) is 32.9 Å². The molecular formula is C14H21N3O3. The third kappa shape index (κ3) is 3.91. The number of carbonyl (C=O) groups excluding carboxylic acids is 1. The van der Waals surface area contributed by atoms with Crippen molar-refractivity contribution in [2.24, 2.45) is 7.05 Å². The topological polar surface area (TPSA) is 63.6 Å². The highest BCUT2D eigenvalue weighted by molar-refractivity contribution is 5.93. The van der Waals surface area contributed by atoms with Crippen LogP contribution in [-0.4, -0.2) is 54.8 Å². The first-order chi connectivity index (χ1) is 9.68. The summed E-state index contributed by atoms with van der Waals surface area (Å²) in [6, 6.07) is 3.25. The summed E-state index contributed by atoms with van der Waals surface area (Å²) in [4.78, 5) is 26.0. The summed E-state index contributed by atoms with van der Waals surface area (Å²) in [5, 5.41) is 2.80. The Balaban J connectivity index is 1.75. The summed E-state index contributed by atoms with van der Waals surface area (Å²) in [6.07, 6.45) is 2.51. The van der Waals surface area contributed by atoms with E-state index < -0.39 is 0 Å². The Labute approximate surface area is 118 Å². The minimum Gasteiger partial charge on any atom is -0.379 e. The maximum Gasteiger partial charge on any atom is 0.263 e. The van der Waals surface area contributed by atoms with Gasteiger partial charge in [-0.05, 0) is 25.1 Å². The second-order valence-electron chi connectivity index (χ2n) is 4.90. The Morgan fingerprint density at radius 2 is 2.15 bits per heavy atom. The van der Waals surface area contributed by atoms with Gasteiger partial charge in [0.2, 0.25) is 0 Å². The van der Waals surface area contributed by atoms with E-state index in [-0.39, 0.29) is 17.0 Å². The molecule has 6 nitrogen and oxygen atoms in total. The highest BCUT2D eigenvalue weighted by atomic mass is 16.5. The van der Waals surface area contributed by atoms with Gasteiger partial charge in [-0.25, -0.2) is 0 Å². The zero-order chi connectivity index (χ0) is 14.4. The number of nitrogens with one attached hydrogen (secondary N) is 1. The molecular weight excluding hydrogens is 258 g/mol. The van der Waals surface area contributed by atoms with Crippen LogP contribution in [0.5, 0.6) is 0 Å². The van der Waals surface area contributed by atoms with Gasteiger partial charge in [-0.1, -0.05) is 0 Å². The lowest BCUT2D eigenvalue weighted by molar-refractivity contribution is 0.0374. The SMILES string of the molecule is Cn1cccc(C(=O)NCCCN2CCOCC2)c1=O. The molecule has 20 heavy (non-hydrogen) atoms. The first-order valence-corrected chi connectivity index (χ1v) is 6.92. The lowest BCUT2D eigenvalue weighted by Gasteiger charge is -2.26. The number of pyridine rings is 1. The van der Waals surface area contributed by atoms with E-state index in [1.807, 2.05) is 0 Å². The van der Waals surface area contributed by atoms with Crippen molar-refractivity contribution >= 4 is 5.91 Å². The fourth-order valence-corrected chi connectivity index (χ4v) is 2.19. The van der Waals surface area contributed by atoms with Crippen LogP contribution in [0.15, 0.2) is 23.1 Å². The zero-order valence-electron chi connectivity index (χ0n) is 11.8. The molecule has 110 valence electrons. The maximum atomic E-state index is 11.9. The fraction of sp³-hybridized carbons (Fsp3) is 0.571. The van der Waals surface area contributed by atoms with Crippen LogP contribution in [0.25, 0.3) is 0 Å². The second-order valence-corrected chi connectivity index (χ2v) is 4.90. The molecule has 0 aromatic carbocycles. The molecule has 0 spiro atoms. The lowest BCUT2D eigenvalue weighted by Crippen LogP contribution is -2.38. The molecule has 1 N–H and O–H groups in total. The minimum absolute atomic E-state index is 0.196. The fourth-order valence-electron chi connectivity index (χ4n) is 2.19. The van der Waals surface area contributed by atoms with Gasteiger partial charge in [-0.15, -0.1) is 0 Å². The van der Waals surface area contributed by atoms with E-state index in [1.165, 1.54) is 4.57 Å². The summed E-state index contributed by atoms with van der Waals surface area (Å²) < 4.78 is 6.68. The number of carbonyl (C=O) groups is 1. The van der Waals surface area contributed by atoms with Crippen molar-refractivity contribution in [3.8, 4) is 0 Å². The van der Waals surface area contributed by atoms with Crippen LogP contribution >= 0.6 is 0 Å². The Morgan fingerprint density at radius 3 is 2.90 bits per heavy atom. The molecule has 6 heteroatoms. The van der Waals surface area contributed by atoms with E-state index in [0.717, 1.165) is 39.3 Å². The van der Waals surface area contributed by atoms with Crippen molar-refractivity contribution in [3.05, 3.63) is 34.2 Å². The number of ether oxygens (including phenoxy) is 1. The van der Waals surface area contributed by atoms with Gasteiger partial charge in [0.25, 0.3) is 11.5 Å². The molecule has 2 heterocycles. The molecule has 2 rings (SSSR count). The first kappa shape index (κ1) is 14.7. The molecule has 1 aromatic heterocycles. The molecule has 1 aliphatic rings. The molecule has 0 aliphatic carbocycles. The van der Waals surface area contributed by atoms with E-state index in [9.17, 15) is 9.59 Å². The molecule has 0 bridgehead atoms. The first-order valence-electron chi connectivity index (χ1n) is 6.92. The number of hydrogen-bond acceptors (Lipinski definition) is 4. The molecule has 1 fully saturated rings. The van der Waals surface area contributed by atoms with Crippen molar-refractivity contribution in [3.63, 3.8) is 0 Å². The smallest absolute Gasteiger partial charge is 0.263 e. The van der Waals surface area contributed by atoms with E-state index in [0.29, 0.717) is 6.54 Å². The minimum atomic E-state index is -0.298. The van der Waals surface area contributed by atoms with Crippen molar-refractivity contribution in [1.82, 2.24) is 14.8 Å². The predicted octanol–water partition coefficient (Wildman–Crippen LogP) is -0.163. The number of nitrogens with zero attached hydrogens (tertiary/aromatic N) is 2. The molecule has 1 aromatic rings. The molecule has 0 saturated carbocycles. The van der Waals surface area contributed by atoms with Gasteiger partial charge >= 0.3 is 0 Å². The van der Waals surface area contributed by atoms with Crippen molar-refractivity contribution < 1.29 is 9.53 Å².